The van der Waals surface area contributed by atoms with E-state index in [1.165, 1.54) is 0 Å². The Morgan fingerprint density at radius 3 is 2.50 bits per heavy atom. The van der Waals surface area contributed by atoms with Crippen molar-refractivity contribution >= 4 is 29.2 Å². The van der Waals surface area contributed by atoms with Crippen LogP contribution in [0.3, 0.4) is 0 Å². The van der Waals surface area contributed by atoms with Gasteiger partial charge in [-0.3, -0.25) is 15.0 Å². The lowest BCUT2D eigenvalue weighted by Gasteiger charge is -2.16. The third kappa shape index (κ3) is 2.49. The average Bonchev–Trinajstić information content (AvgIpc) is 3.10. The quantitative estimate of drug-likeness (QED) is 0.622. The summed E-state index contributed by atoms with van der Waals surface area (Å²) in [5.41, 5.74) is 2.93. The maximum atomic E-state index is 12.7. The summed E-state index contributed by atoms with van der Waals surface area (Å²) in [4.78, 5) is 38.2. The molecule has 0 aromatic heterocycles. The standard InChI is InChI=1S/C16H17N3O5/c1-3-23-10-7-5-9(6-8-10)19-14(20)11-12(15(19)21)17-18-13(11)16(22)24-4-2/h5-8,11-12,17H,3-4H2,1-2H3/t11-,12-/m1/s1. The number of amides is 2. The molecule has 24 heavy (non-hydrogen) atoms. The number of ether oxygens (including phenoxy) is 2. The van der Waals surface area contributed by atoms with Gasteiger partial charge in [-0.2, -0.15) is 5.10 Å². The van der Waals surface area contributed by atoms with Crippen molar-refractivity contribution in [1.82, 2.24) is 5.43 Å². The highest BCUT2D eigenvalue weighted by Crippen LogP contribution is 2.31. The molecule has 1 aromatic carbocycles. The third-order valence-corrected chi connectivity index (χ3v) is 3.82. The van der Waals surface area contributed by atoms with Crippen LogP contribution in [0.4, 0.5) is 5.69 Å². The number of imide groups is 1. The second-order valence-electron chi connectivity index (χ2n) is 5.24. The van der Waals surface area contributed by atoms with Gasteiger partial charge in [0.25, 0.3) is 5.91 Å². The molecule has 0 radical (unpaired) electrons. The predicted molar refractivity (Wildman–Crippen MR) is 84.6 cm³/mol. The van der Waals surface area contributed by atoms with Crippen LogP contribution in [-0.2, 0) is 19.1 Å². The van der Waals surface area contributed by atoms with E-state index in [9.17, 15) is 14.4 Å². The third-order valence-electron chi connectivity index (χ3n) is 3.82. The van der Waals surface area contributed by atoms with E-state index in [1.54, 1.807) is 31.2 Å². The molecular formula is C16H17N3O5. The van der Waals surface area contributed by atoms with Crippen LogP contribution in [0.25, 0.3) is 0 Å². The predicted octanol–water partition coefficient (Wildman–Crippen LogP) is 0.466. The lowest BCUT2D eigenvalue weighted by molar-refractivity contribution is -0.136. The van der Waals surface area contributed by atoms with Crippen LogP contribution < -0.4 is 15.1 Å². The minimum atomic E-state index is -0.955. The maximum Gasteiger partial charge on any atom is 0.355 e. The fourth-order valence-electron chi connectivity index (χ4n) is 2.78. The fraction of sp³-hybridized carbons (Fsp3) is 0.375. The molecule has 2 aliphatic rings. The van der Waals surface area contributed by atoms with Crippen molar-refractivity contribution in [1.29, 1.82) is 0 Å². The van der Waals surface area contributed by atoms with Gasteiger partial charge in [0.05, 0.1) is 18.9 Å². The van der Waals surface area contributed by atoms with Gasteiger partial charge in [-0.05, 0) is 38.1 Å². The van der Waals surface area contributed by atoms with Gasteiger partial charge >= 0.3 is 5.97 Å². The molecule has 3 rings (SSSR count). The molecule has 2 atom stereocenters. The molecule has 2 aliphatic heterocycles. The molecule has 0 aliphatic carbocycles. The Morgan fingerprint density at radius 2 is 1.88 bits per heavy atom. The number of rotatable bonds is 5. The van der Waals surface area contributed by atoms with Crippen molar-refractivity contribution < 1.29 is 23.9 Å². The second kappa shape index (κ2) is 6.31. The summed E-state index contributed by atoms with van der Waals surface area (Å²) in [6.07, 6.45) is 0. The normalized spacial score (nSPS) is 22.1. The molecule has 8 heteroatoms. The highest BCUT2D eigenvalue weighted by molar-refractivity contribution is 6.46. The monoisotopic (exact) mass is 331 g/mol. The molecule has 1 N–H and O–H groups in total. The van der Waals surface area contributed by atoms with Gasteiger partial charge < -0.3 is 9.47 Å². The Morgan fingerprint density at radius 1 is 1.17 bits per heavy atom. The number of hydrogen-bond acceptors (Lipinski definition) is 7. The molecule has 2 amide bonds. The van der Waals surface area contributed by atoms with E-state index in [1.807, 2.05) is 6.92 Å². The second-order valence-corrected chi connectivity index (χ2v) is 5.24. The molecule has 126 valence electrons. The molecule has 8 nitrogen and oxygen atoms in total. The number of carbonyl (C=O) groups is 3. The van der Waals surface area contributed by atoms with Gasteiger partial charge in [-0.1, -0.05) is 0 Å². The molecule has 0 unspecified atom stereocenters. The number of esters is 1. The minimum Gasteiger partial charge on any atom is -0.494 e. The van der Waals surface area contributed by atoms with Crippen LogP contribution in [0.15, 0.2) is 29.4 Å². The van der Waals surface area contributed by atoms with Crippen molar-refractivity contribution in [3.8, 4) is 5.75 Å². The van der Waals surface area contributed by atoms with Crippen LogP contribution in [0.1, 0.15) is 13.8 Å². The Hall–Kier alpha value is -2.90. The Balaban J connectivity index is 1.85. The van der Waals surface area contributed by atoms with E-state index in [0.717, 1.165) is 4.90 Å². The first-order valence-electron chi connectivity index (χ1n) is 7.69. The highest BCUT2D eigenvalue weighted by atomic mass is 16.5. The minimum absolute atomic E-state index is 0.0614. The Labute approximate surface area is 138 Å². The van der Waals surface area contributed by atoms with Crippen LogP contribution in [-0.4, -0.2) is 42.8 Å². The van der Waals surface area contributed by atoms with Gasteiger partial charge in [0, 0.05) is 0 Å². The lowest BCUT2D eigenvalue weighted by atomic mass is 9.99. The van der Waals surface area contributed by atoms with Crippen LogP contribution >= 0.6 is 0 Å². The molecule has 1 aromatic rings. The van der Waals surface area contributed by atoms with Gasteiger partial charge in [-0.25, -0.2) is 9.69 Å². The summed E-state index contributed by atoms with van der Waals surface area (Å²) in [6.45, 7) is 4.21. The van der Waals surface area contributed by atoms with Crippen molar-refractivity contribution in [2.24, 2.45) is 11.0 Å². The maximum absolute atomic E-state index is 12.7. The van der Waals surface area contributed by atoms with Crippen molar-refractivity contribution in [2.45, 2.75) is 19.9 Å². The molecule has 0 saturated carbocycles. The highest BCUT2D eigenvalue weighted by Gasteiger charge is 2.55. The zero-order valence-corrected chi connectivity index (χ0v) is 13.3. The summed E-state index contributed by atoms with van der Waals surface area (Å²) in [5, 5.41) is 3.81. The number of hydrazone groups is 1. The number of nitrogens with zero attached hydrogens (tertiary/aromatic N) is 2. The number of fused-ring (bicyclic) bond motifs is 1. The van der Waals surface area contributed by atoms with Gasteiger partial charge in [-0.15, -0.1) is 0 Å². The number of nitrogens with one attached hydrogen (secondary N) is 1. The largest absolute Gasteiger partial charge is 0.494 e. The van der Waals surface area contributed by atoms with Crippen molar-refractivity contribution in [2.75, 3.05) is 18.1 Å². The summed E-state index contributed by atoms with van der Waals surface area (Å²) < 4.78 is 10.2. The zero-order valence-electron chi connectivity index (χ0n) is 13.3. The fourth-order valence-corrected chi connectivity index (χ4v) is 2.78. The van der Waals surface area contributed by atoms with E-state index >= 15 is 0 Å². The first-order valence-corrected chi connectivity index (χ1v) is 7.69. The van der Waals surface area contributed by atoms with E-state index in [-0.39, 0.29) is 12.3 Å². The van der Waals surface area contributed by atoms with Crippen LogP contribution in [0.5, 0.6) is 5.75 Å². The van der Waals surface area contributed by atoms with E-state index in [4.69, 9.17) is 9.47 Å². The van der Waals surface area contributed by atoms with E-state index in [2.05, 4.69) is 10.5 Å². The summed E-state index contributed by atoms with van der Waals surface area (Å²) >= 11 is 0. The zero-order chi connectivity index (χ0) is 17.3. The first-order chi connectivity index (χ1) is 11.6. The summed E-state index contributed by atoms with van der Waals surface area (Å²) in [5.74, 6) is -1.94. The molecule has 2 heterocycles. The average molecular weight is 331 g/mol. The van der Waals surface area contributed by atoms with Crippen molar-refractivity contribution in [3.63, 3.8) is 0 Å². The summed E-state index contributed by atoms with van der Waals surface area (Å²) in [6, 6.07) is 5.75. The Kier molecular flexibility index (Phi) is 4.20. The molecule has 0 bridgehead atoms. The van der Waals surface area contributed by atoms with Gasteiger partial charge in [0.1, 0.15) is 17.7 Å². The first kappa shape index (κ1) is 16.0. The van der Waals surface area contributed by atoms with Crippen LogP contribution in [0.2, 0.25) is 0 Å². The number of anilines is 1. The number of carbonyl (C=O) groups excluding carboxylic acids is 3. The SMILES string of the molecule is CCOC(=O)C1=NN[C@H]2C(=O)N(c3ccc(OCC)cc3)C(=O)[C@@H]12. The van der Waals surface area contributed by atoms with Crippen molar-refractivity contribution in [3.05, 3.63) is 24.3 Å². The number of hydrogen-bond donors (Lipinski definition) is 1. The smallest absolute Gasteiger partial charge is 0.355 e. The molecule has 1 fully saturated rings. The van der Waals surface area contributed by atoms with E-state index < -0.39 is 29.7 Å². The molecular weight excluding hydrogens is 314 g/mol. The van der Waals surface area contributed by atoms with Gasteiger partial charge in [0.15, 0.2) is 5.71 Å². The molecule has 1 saturated heterocycles. The topological polar surface area (TPSA) is 97.3 Å². The lowest BCUT2D eigenvalue weighted by Crippen LogP contribution is -2.36. The molecule has 0 spiro atoms. The Bertz CT molecular complexity index is 713. The van der Waals surface area contributed by atoms with E-state index in [0.29, 0.717) is 18.0 Å². The number of benzene rings is 1. The van der Waals surface area contributed by atoms with Gasteiger partial charge in [0.2, 0.25) is 5.91 Å². The summed E-state index contributed by atoms with van der Waals surface area (Å²) in [7, 11) is 0. The van der Waals surface area contributed by atoms with Crippen LogP contribution in [0, 0.1) is 5.92 Å².